The zero-order chi connectivity index (χ0) is 25.6. The molecule has 190 valence electrons. The van der Waals surface area contributed by atoms with Gasteiger partial charge in [0.1, 0.15) is 11.6 Å². The van der Waals surface area contributed by atoms with Crippen molar-refractivity contribution in [1.82, 2.24) is 4.44 Å². The van der Waals surface area contributed by atoms with Gasteiger partial charge in [-0.3, -0.25) is 4.44 Å². The number of unbranched alkanes of at least 4 members (excludes halogenated alkanes) is 1. The van der Waals surface area contributed by atoms with Crippen LogP contribution < -0.4 is 10.6 Å². The van der Waals surface area contributed by atoms with Crippen molar-refractivity contribution < 1.29 is 8.78 Å². The van der Waals surface area contributed by atoms with Gasteiger partial charge in [0.05, 0.1) is 0 Å². The molecule has 0 aliphatic carbocycles. The molecule has 0 radical (unpaired) electrons. The average Bonchev–Trinajstić information content (AvgIpc) is 3.37. The second-order valence-corrected chi connectivity index (χ2v) is 14.5. The Bertz CT molecular complexity index is 1190. The Morgan fingerprint density at radius 3 is 1.62 bits per heavy atom. The standard InChI is InChI=1S/C32H33F2NP2/c1-2-3-22-35(36(29-18-10-16-27(33)23-29)30-19-11-17-28(34)24-30)37-31(25-12-6-4-7-13-25)20-21-32(37)26-14-8-5-9-15-26/h4-19,23-24,31-32H,2-3,20-22H2,1H3/t31-,32-/m0/s1. The summed E-state index contributed by atoms with van der Waals surface area (Å²) in [5, 5.41) is 1.90. The Kier molecular flexibility index (Phi) is 8.78. The Morgan fingerprint density at radius 2 is 1.19 bits per heavy atom. The average molecular weight is 532 g/mol. The highest BCUT2D eigenvalue weighted by atomic mass is 31.2. The van der Waals surface area contributed by atoms with Gasteiger partial charge in [-0.15, -0.1) is 0 Å². The highest BCUT2D eigenvalue weighted by Gasteiger charge is 2.44. The molecule has 1 aliphatic rings. The van der Waals surface area contributed by atoms with Gasteiger partial charge in [-0.1, -0.05) is 98.3 Å². The predicted molar refractivity (Wildman–Crippen MR) is 155 cm³/mol. The molecule has 1 nitrogen and oxygen atoms in total. The molecule has 1 saturated heterocycles. The van der Waals surface area contributed by atoms with Crippen molar-refractivity contribution >= 4 is 26.8 Å². The number of nitrogens with zero attached hydrogens (tertiary/aromatic N) is 1. The van der Waals surface area contributed by atoms with E-state index in [0.29, 0.717) is 11.3 Å². The third-order valence-corrected chi connectivity index (χ3v) is 13.5. The molecule has 2 atom stereocenters. The molecule has 0 spiro atoms. The number of hydrogen-bond donors (Lipinski definition) is 0. The lowest BCUT2D eigenvalue weighted by Crippen LogP contribution is -2.28. The van der Waals surface area contributed by atoms with Gasteiger partial charge < -0.3 is 0 Å². The quantitative estimate of drug-likeness (QED) is 0.195. The predicted octanol–water partition coefficient (Wildman–Crippen LogP) is 9.09. The van der Waals surface area contributed by atoms with Crippen LogP contribution in [-0.4, -0.2) is 11.0 Å². The fourth-order valence-corrected chi connectivity index (χ4v) is 12.9. The van der Waals surface area contributed by atoms with Crippen LogP contribution in [0.15, 0.2) is 109 Å². The molecule has 0 unspecified atom stereocenters. The summed E-state index contributed by atoms with van der Waals surface area (Å²) in [5.74, 6) is -0.481. The fraction of sp³-hybridized carbons (Fsp3) is 0.250. The molecule has 0 N–H and O–H groups in total. The molecule has 1 heterocycles. The highest BCUT2D eigenvalue weighted by molar-refractivity contribution is 7.79. The van der Waals surface area contributed by atoms with Gasteiger partial charge >= 0.3 is 0 Å². The third-order valence-electron chi connectivity index (χ3n) is 7.04. The van der Waals surface area contributed by atoms with Gasteiger partial charge in [-0.2, -0.15) is 0 Å². The van der Waals surface area contributed by atoms with Crippen LogP contribution in [0.25, 0.3) is 0 Å². The van der Waals surface area contributed by atoms with E-state index in [-0.39, 0.29) is 11.6 Å². The summed E-state index contributed by atoms with van der Waals surface area (Å²) in [6, 6.07) is 35.7. The van der Waals surface area contributed by atoms with Crippen LogP contribution in [0.2, 0.25) is 0 Å². The first kappa shape index (κ1) is 26.2. The number of rotatable bonds is 9. The fourth-order valence-electron chi connectivity index (χ4n) is 5.36. The van der Waals surface area contributed by atoms with Gasteiger partial charge in [0, 0.05) is 25.9 Å². The summed E-state index contributed by atoms with van der Waals surface area (Å²) in [7, 11) is -1.81. The van der Waals surface area contributed by atoms with Gasteiger partial charge in [0.25, 0.3) is 0 Å². The minimum Gasteiger partial charge on any atom is -0.251 e. The van der Waals surface area contributed by atoms with Crippen LogP contribution in [0.3, 0.4) is 0 Å². The summed E-state index contributed by atoms with van der Waals surface area (Å²) in [6.45, 7) is 3.13. The van der Waals surface area contributed by atoms with E-state index in [1.165, 1.54) is 23.3 Å². The monoisotopic (exact) mass is 531 g/mol. The molecule has 1 fully saturated rings. The lowest BCUT2D eigenvalue weighted by molar-refractivity contribution is 0.624. The summed E-state index contributed by atoms with van der Waals surface area (Å²) in [6.07, 6.45) is 4.35. The maximum Gasteiger partial charge on any atom is 0.123 e. The normalized spacial score (nSPS) is 18.1. The minimum atomic E-state index is -1.12. The van der Waals surface area contributed by atoms with Crippen LogP contribution in [0.4, 0.5) is 8.78 Å². The first-order valence-electron chi connectivity index (χ1n) is 13.1. The van der Waals surface area contributed by atoms with Crippen LogP contribution in [0, 0.1) is 11.6 Å². The Balaban J connectivity index is 1.68. The molecular formula is C32H33F2NP2. The molecule has 0 saturated carbocycles. The van der Waals surface area contributed by atoms with Crippen molar-refractivity contribution in [2.24, 2.45) is 0 Å². The smallest absolute Gasteiger partial charge is 0.123 e. The molecular weight excluding hydrogens is 498 g/mol. The van der Waals surface area contributed by atoms with Crippen molar-refractivity contribution in [3.05, 3.63) is 132 Å². The molecule has 37 heavy (non-hydrogen) atoms. The molecule has 0 amide bonds. The molecule has 4 aromatic rings. The molecule has 0 bridgehead atoms. The van der Waals surface area contributed by atoms with Gasteiger partial charge in [-0.05, 0) is 73.3 Å². The molecule has 5 heteroatoms. The topological polar surface area (TPSA) is 3.24 Å². The van der Waals surface area contributed by atoms with E-state index in [2.05, 4.69) is 72.0 Å². The van der Waals surface area contributed by atoms with Crippen LogP contribution in [-0.2, 0) is 0 Å². The van der Waals surface area contributed by atoms with E-state index in [4.69, 9.17) is 0 Å². The van der Waals surface area contributed by atoms with Gasteiger partial charge in [0.2, 0.25) is 0 Å². The van der Waals surface area contributed by atoms with E-state index >= 15 is 0 Å². The molecule has 4 aromatic carbocycles. The van der Waals surface area contributed by atoms with Gasteiger partial charge in [0.15, 0.2) is 0 Å². The van der Waals surface area contributed by atoms with E-state index in [1.807, 2.05) is 12.1 Å². The van der Waals surface area contributed by atoms with Gasteiger partial charge in [-0.25, -0.2) is 8.78 Å². The molecule has 5 rings (SSSR count). The van der Waals surface area contributed by atoms with Crippen molar-refractivity contribution in [1.29, 1.82) is 0 Å². The Labute approximate surface area is 222 Å². The zero-order valence-electron chi connectivity index (χ0n) is 21.2. The van der Waals surface area contributed by atoms with E-state index in [9.17, 15) is 8.78 Å². The summed E-state index contributed by atoms with van der Waals surface area (Å²) < 4.78 is 31.9. The number of halogens is 2. The van der Waals surface area contributed by atoms with Crippen molar-refractivity contribution in [3.63, 3.8) is 0 Å². The first-order chi connectivity index (χ1) is 18.2. The highest BCUT2D eigenvalue weighted by Crippen LogP contribution is 2.76. The maximum atomic E-state index is 14.6. The summed E-state index contributed by atoms with van der Waals surface area (Å²) in [4.78, 5) is 0. The first-order valence-corrected chi connectivity index (χ1v) is 15.9. The van der Waals surface area contributed by atoms with E-state index in [0.717, 1.165) is 42.8 Å². The largest absolute Gasteiger partial charge is 0.251 e. The van der Waals surface area contributed by atoms with Crippen molar-refractivity contribution in [2.45, 2.75) is 43.9 Å². The number of hydrogen-bond acceptors (Lipinski definition) is 1. The summed E-state index contributed by atoms with van der Waals surface area (Å²) >= 11 is 0. The zero-order valence-corrected chi connectivity index (χ0v) is 23.0. The second kappa shape index (κ2) is 12.4. The second-order valence-electron chi connectivity index (χ2n) is 9.53. The summed E-state index contributed by atoms with van der Waals surface area (Å²) in [5.41, 5.74) is 3.57. The lowest BCUT2D eigenvalue weighted by atomic mass is 10.0. The minimum absolute atomic E-state index is 0.240. The lowest BCUT2D eigenvalue weighted by Gasteiger charge is -2.42. The molecule has 1 aliphatic heterocycles. The van der Waals surface area contributed by atoms with Crippen LogP contribution >= 0.6 is 16.1 Å². The van der Waals surface area contributed by atoms with Crippen molar-refractivity contribution in [2.75, 3.05) is 6.54 Å². The van der Waals surface area contributed by atoms with E-state index < -0.39 is 16.1 Å². The molecule has 0 aromatic heterocycles. The van der Waals surface area contributed by atoms with Crippen LogP contribution in [0.1, 0.15) is 55.1 Å². The maximum absolute atomic E-state index is 14.6. The Morgan fingerprint density at radius 1 is 0.703 bits per heavy atom. The van der Waals surface area contributed by atoms with E-state index in [1.54, 1.807) is 24.3 Å². The van der Waals surface area contributed by atoms with Crippen LogP contribution in [0.5, 0.6) is 0 Å². The SMILES string of the molecule is CCCCN(P(c1cccc(F)c1)c1cccc(F)c1)P1[C@H](c2ccccc2)CC[C@H]1c1ccccc1. The number of benzene rings is 4. The van der Waals surface area contributed by atoms with Crippen molar-refractivity contribution in [3.8, 4) is 0 Å². The third kappa shape index (κ3) is 6.01. The Hall–Kier alpha value is -2.44.